The predicted molar refractivity (Wildman–Crippen MR) is 86.8 cm³/mol. The van der Waals surface area contributed by atoms with Crippen LogP contribution in [0.5, 0.6) is 0 Å². The Labute approximate surface area is 141 Å². The minimum atomic E-state index is -0.263. The highest BCUT2D eigenvalue weighted by Crippen LogP contribution is 2.23. The molecule has 2 atom stereocenters. The quantitative estimate of drug-likeness (QED) is 0.844. The van der Waals surface area contributed by atoms with E-state index in [1.54, 1.807) is 30.1 Å². The zero-order chi connectivity index (χ0) is 17.1. The van der Waals surface area contributed by atoms with Gasteiger partial charge in [-0.2, -0.15) is 0 Å². The lowest BCUT2D eigenvalue weighted by Crippen LogP contribution is -2.52. The lowest BCUT2D eigenvalue weighted by atomic mass is 10.0. The molecule has 3 rings (SSSR count). The molecule has 2 aliphatic heterocycles. The average Bonchev–Trinajstić information content (AvgIpc) is 2.80. The summed E-state index contributed by atoms with van der Waals surface area (Å²) in [7, 11) is 1.80. The third kappa shape index (κ3) is 3.59. The molecule has 6 heteroatoms. The number of halogens is 1. The van der Waals surface area contributed by atoms with E-state index < -0.39 is 0 Å². The monoisotopic (exact) mass is 334 g/mol. The normalized spacial score (nSPS) is 24.5. The molecule has 2 heterocycles. The SMILES string of the molecule is CN1C(=O)CO[C@H]2CCN(C(=O)CCc3ccccc3F)CC[C@@H]21. The number of morpholine rings is 1. The number of fused-ring (bicyclic) bond motifs is 1. The van der Waals surface area contributed by atoms with E-state index in [0.717, 1.165) is 12.8 Å². The van der Waals surface area contributed by atoms with Crippen LogP contribution in [0.25, 0.3) is 0 Å². The Morgan fingerprint density at radius 2 is 2.04 bits per heavy atom. The van der Waals surface area contributed by atoms with Gasteiger partial charge in [-0.15, -0.1) is 0 Å². The molecule has 5 nitrogen and oxygen atoms in total. The molecular formula is C18H23FN2O3. The lowest BCUT2D eigenvalue weighted by molar-refractivity contribution is -0.154. The number of rotatable bonds is 3. The van der Waals surface area contributed by atoms with Crippen LogP contribution in [-0.2, 0) is 20.7 Å². The Balaban J connectivity index is 1.57. The largest absolute Gasteiger partial charge is 0.366 e. The second kappa shape index (κ2) is 7.30. The Morgan fingerprint density at radius 1 is 1.29 bits per heavy atom. The van der Waals surface area contributed by atoms with E-state index in [0.29, 0.717) is 31.5 Å². The van der Waals surface area contributed by atoms with Crippen molar-refractivity contribution in [1.82, 2.24) is 9.80 Å². The summed E-state index contributed by atoms with van der Waals surface area (Å²) in [4.78, 5) is 27.8. The van der Waals surface area contributed by atoms with E-state index in [4.69, 9.17) is 4.74 Å². The third-order valence-corrected chi connectivity index (χ3v) is 5.04. The first kappa shape index (κ1) is 16.9. The first-order chi connectivity index (χ1) is 11.6. The Morgan fingerprint density at radius 3 is 2.83 bits per heavy atom. The summed E-state index contributed by atoms with van der Waals surface area (Å²) < 4.78 is 19.3. The van der Waals surface area contributed by atoms with Gasteiger partial charge in [-0.3, -0.25) is 9.59 Å². The second-order valence-corrected chi connectivity index (χ2v) is 6.47. The number of hydrogen-bond acceptors (Lipinski definition) is 3. The van der Waals surface area contributed by atoms with Crippen molar-refractivity contribution in [2.24, 2.45) is 0 Å². The van der Waals surface area contributed by atoms with Crippen molar-refractivity contribution in [2.45, 2.75) is 37.8 Å². The van der Waals surface area contributed by atoms with E-state index in [2.05, 4.69) is 0 Å². The molecule has 1 aromatic rings. The molecule has 0 bridgehead atoms. The van der Waals surface area contributed by atoms with Gasteiger partial charge in [0.2, 0.25) is 11.8 Å². The van der Waals surface area contributed by atoms with Crippen molar-refractivity contribution in [3.05, 3.63) is 35.6 Å². The molecule has 0 aromatic heterocycles. The standard InChI is InChI=1S/C18H23FN2O3/c1-20-15-8-10-21(11-9-16(15)24-12-18(20)23)17(22)7-6-13-4-2-3-5-14(13)19/h2-5,15-16H,6-12H2,1H3/t15-,16-/m0/s1. The van der Waals surface area contributed by atoms with Crippen LogP contribution in [0.3, 0.4) is 0 Å². The van der Waals surface area contributed by atoms with Crippen LogP contribution in [0, 0.1) is 5.82 Å². The molecule has 0 N–H and O–H groups in total. The maximum Gasteiger partial charge on any atom is 0.248 e. The number of carbonyl (C=O) groups excluding carboxylic acids is 2. The highest BCUT2D eigenvalue weighted by Gasteiger charge is 2.37. The molecule has 2 fully saturated rings. The molecule has 2 saturated heterocycles. The van der Waals surface area contributed by atoms with Crippen molar-refractivity contribution in [3.63, 3.8) is 0 Å². The van der Waals surface area contributed by atoms with Crippen molar-refractivity contribution in [1.29, 1.82) is 0 Å². The van der Waals surface area contributed by atoms with Crippen molar-refractivity contribution in [2.75, 3.05) is 26.7 Å². The summed E-state index contributed by atoms with van der Waals surface area (Å²) >= 11 is 0. The average molecular weight is 334 g/mol. The van der Waals surface area contributed by atoms with Crippen LogP contribution in [-0.4, -0.2) is 60.5 Å². The summed E-state index contributed by atoms with van der Waals surface area (Å²) in [6.45, 7) is 1.36. The second-order valence-electron chi connectivity index (χ2n) is 6.47. The van der Waals surface area contributed by atoms with Crippen molar-refractivity contribution < 1.29 is 18.7 Å². The van der Waals surface area contributed by atoms with E-state index >= 15 is 0 Å². The maximum absolute atomic E-state index is 13.6. The Hall–Kier alpha value is -1.95. The van der Waals surface area contributed by atoms with Gasteiger partial charge in [0.15, 0.2) is 0 Å². The zero-order valence-corrected chi connectivity index (χ0v) is 13.9. The maximum atomic E-state index is 13.6. The minimum absolute atomic E-state index is 0.00272. The fraction of sp³-hybridized carbons (Fsp3) is 0.556. The number of aryl methyl sites for hydroxylation is 1. The number of likely N-dealkylation sites (N-methyl/N-ethyl adjacent to an activating group) is 1. The van der Waals surface area contributed by atoms with Crippen molar-refractivity contribution >= 4 is 11.8 Å². The van der Waals surface area contributed by atoms with E-state index in [1.165, 1.54) is 6.07 Å². The fourth-order valence-corrected chi connectivity index (χ4v) is 3.51. The molecule has 0 unspecified atom stereocenters. The number of likely N-dealkylation sites (tertiary alicyclic amines) is 1. The molecule has 24 heavy (non-hydrogen) atoms. The third-order valence-electron chi connectivity index (χ3n) is 5.04. The van der Waals surface area contributed by atoms with E-state index in [1.807, 2.05) is 4.90 Å². The zero-order valence-electron chi connectivity index (χ0n) is 13.9. The van der Waals surface area contributed by atoms with Crippen LogP contribution in [0.4, 0.5) is 4.39 Å². The lowest BCUT2D eigenvalue weighted by Gasteiger charge is -2.37. The summed E-state index contributed by atoms with van der Waals surface area (Å²) in [5.41, 5.74) is 0.572. The molecule has 0 spiro atoms. The van der Waals surface area contributed by atoms with Crippen LogP contribution in [0.1, 0.15) is 24.8 Å². The Kier molecular flexibility index (Phi) is 5.14. The van der Waals surface area contributed by atoms with Gasteiger partial charge in [0.1, 0.15) is 12.4 Å². The number of benzene rings is 1. The molecule has 1 aromatic carbocycles. The number of hydrogen-bond donors (Lipinski definition) is 0. The van der Waals surface area contributed by atoms with Gasteiger partial charge in [0.25, 0.3) is 0 Å². The number of nitrogens with zero attached hydrogens (tertiary/aromatic N) is 2. The molecular weight excluding hydrogens is 311 g/mol. The van der Waals surface area contributed by atoms with Crippen molar-refractivity contribution in [3.8, 4) is 0 Å². The number of ether oxygens (including phenoxy) is 1. The van der Waals surface area contributed by atoms with Crippen LogP contribution in [0.15, 0.2) is 24.3 Å². The molecule has 0 saturated carbocycles. The summed E-state index contributed by atoms with van der Waals surface area (Å²) in [6, 6.07) is 6.60. The minimum Gasteiger partial charge on any atom is -0.366 e. The highest BCUT2D eigenvalue weighted by molar-refractivity contribution is 5.78. The predicted octanol–water partition coefficient (Wildman–Crippen LogP) is 1.61. The molecule has 2 aliphatic rings. The first-order valence-electron chi connectivity index (χ1n) is 8.44. The topological polar surface area (TPSA) is 49.9 Å². The van der Waals surface area contributed by atoms with Gasteiger partial charge in [0, 0.05) is 26.6 Å². The van der Waals surface area contributed by atoms with Gasteiger partial charge < -0.3 is 14.5 Å². The van der Waals surface area contributed by atoms with Gasteiger partial charge in [-0.1, -0.05) is 18.2 Å². The summed E-state index contributed by atoms with van der Waals surface area (Å²) in [5.74, 6) is -0.234. The summed E-state index contributed by atoms with van der Waals surface area (Å²) in [6.07, 6.45) is 2.15. The summed E-state index contributed by atoms with van der Waals surface area (Å²) in [5, 5.41) is 0. The number of amides is 2. The van der Waals surface area contributed by atoms with Gasteiger partial charge in [0.05, 0.1) is 12.1 Å². The van der Waals surface area contributed by atoms with E-state index in [9.17, 15) is 14.0 Å². The molecule has 0 aliphatic carbocycles. The smallest absolute Gasteiger partial charge is 0.248 e. The first-order valence-corrected chi connectivity index (χ1v) is 8.44. The molecule has 130 valence electrons. The van der Waals surface area contributed by atoms with Crippen LogP contribution < -0.4 is 0 Å². The molecule has 2 amide bonds. The van der Waals surface area contributed by atoms with Gasteiger partial charge in [-0.25, -0.2) is 4.39 Å². The highest BCUT2D eigenvalue weighted by atomic mass is 19.1. The van der Waals surface area contributed by atoms with Gasteiger partial charge in [-0.05, 0) is 30.9 Å². The van der Waals surface area contributed by atoms with Gasteiger partial charge >= 0.3 is 0 Å². The fourth-order valence-electron chi connectivity index (χ4n) is 3.51. The van der Waals surface area contributed by atoms with E-state index in [-0.39, 0.29) is 36.4 Å². The molecule has 0 radical (unpaired) electrons. The van der Waals surface area contributed by atoms with Crippen LogP contribution in [0.2, 0.25) is 0 Å². The number of carbonyl (C=O) groups is 2. The van der Waals surface area contributed by atoms with Crippen LogP contribution >= 0.6 is 0 Å². The Bertz CT molecular complexity index is 622.